The average Bonchev–Trinajstić information content (AvgIpc) is 2.38. The molecule has 1 aromatic rings. The first-order valence-corrected chi connectivity index (χ1v) is 6.41. The zero-order chi connectivity index (χ0) is 15.2. The van der Waals surface area contributed by atoms with Gasteiger partial charge in [0.05, 0.1) is 0 Å². The number of halogens is 1. The van der Waals surface area contributed by atoms with Gasteiger partial charge in [0.25, 0.3) is 0 Å². The summed E-state index contributed by atoms with van der Waals surface area (Å²) < 4.78 is 12.9. The van der Waals surface area contributed by atoms with E-state index < -0.39 is 17.3 Å². The molecule has 3 N–H and O–H groups in total. The molecule has 0 fully saturated rings. The highest BCUT2D eigenvalue weighted by molar-refractivity contribution is 5.90. The Hall–Kier alpha value is -1.95. The van der Waals surface area contributed by atoms with Crippen LogP contribution in [0, 0.1) is 5.82 Å². The number of amides is 1. The van der Waals surface area contributed by atoms with Crippen LogP contribution >= 0.6 is 0 Å². The molecular formula is C14H19FN2O3. The normalized spacial score (nSPS) is 13.6. The molecule has 1 unspecified atom stereocenters. The molecule has 0 aliphatic carbocycles. The van der Waals surface area contributed by atoms with E-state index in [1.54, 1.807) is 19.9 Å². The van der Waals surface area contributed by atoms with E-state index in [-0.39, 0.29) is 18.9 Å². The Bertz CT molecular complexity index is 493. The number of hydrogen-bond donors (Lipinski definition) is 3. The minimum absolute atomic E-state index is 0.110. The van der Waals surface area contributed by atoms with Gasteiger partial charge in [-0.05, 0) is 31.5 Å². The highest BCUT2D eigenvalue weighted by Gasteiger charge is 2.30. The molecule has 0 bridgehead atoms. The lowest BCUT2D eigenvalue weighted by Gasteiger charge is -2.24. The number of carbonyl (C=O) groups is 2. The second kappa shape index (κ2) is 7.00. The van der Waals surface area contributed by atoms with E-state index in [0.29, 0.717) is 12.1 Å². The molecular weight excluding hydrogens is 263 g/mol. The van der Waals surface area contributed by atoms with Crippen molar-refractivity contribution in [2.75, 3.05) is 11.9 Å². The number of anilines is 1. The molecule has 0 saturated heterocycles. The molecule has 0 aromatic heterocycles. The van der Waals surface area contributed by atoms with Crippen molar-refractivity contribution in [3.8, 4) is 0 Å². The van der Waals surface area contributed by atoms with Gasteiger partial charge < -0.3 is 15.7 Å². The summed E-state index contributed by atoms with van der Waals surface area (Å²) in [5.41, 5.74) is -0.662. The predicted octanol–water partition coefficient (Wildman–Crippen LogP) is 2.00. The number of carbonyl (C=O) groups excluding carboxylic acids is 1. The number of hydrogen-bond acceptors (Lipinski definition) is 3. The van der Waals surface area contributed by atoms with Crippen molar-refractivity contribution in [2.24, 2.45) is 0 Å². The lowest BCUT2D eigenvalue weighted by molar-refractivity contribution is -0.144. The topological polar surface area (TPSA) is 78.4 Å². The van der Waals surface area contributed by atoms with Crippen LogP contribution in [0.4, 0.5) is 10.1 Å². The van der Waals surface area contributed by atoms with Crippen LogP contribution in [0.2, 0.25) is 0 Å². The van der Waals surface area contributed by atoms with E-state index in [1.807, 2.05) is 0 Å². The molecule has 5 nitrogen and oxygen atoms in total. The van der Waals surface area contributed by atoms with Gasteiger partial charge in [0.2, 0.25) is 5.91 Å². The van der Waals surface area contributed by atoms with Gasteiger partial charge in [-0.25, -0.2) is 4.39 Å². The number of rotatable bonds is 7. The predicted molar refractivity (Wildman–Crippen MR) is 74.0 cm³/mol. The lowest BCUT2D eigenvalue weighted by Crippen LogP contribution is -2.49. The summed E-state index contributed by atoms with van der Waals surface area (Å²) in [5, 5.41) is 14.4. The van der Waals surface area contributed by atoms with Crippen molar-refractivity contribution in [3.05, 3.63) is 30.1 Å². The monoisotopic (exact) mass is 282 g/mol. The molecule has 0 heterocycles. The third-order valence-electron chi connectivity index (χ3n) is 3.15. The largest absolute Gasteiger partial charge is 0.480 e. The first kappa shape index (κ1) is 16.1. The van der Waals surface area contributed by atoms with E-state index in [0.717, 1.165) is 0 Å². The summed E-state index contributed by atoms with van der Waals surface area (Å²) >= 11 is 0. The van der Waals surface area contributed by atoms with Crippen LogP contribution in [0.3, 0.4) is 0 Å². The molecule has 20 heavy (non-hydrogen) atoms. The highest BCUT2D eigenvalue weighted by Crippen LogP contribution is 2.11. The summed E-state index contributed by atoms with van der Waals surface area (Å²) in [4.78, 5) is 22.7. The third kappa shape index (κ3) is 4.62. The van der Waals surface area contributed by atoms with Crippen LogP contribution < -0.4 is 10.6 Å². The van der Waals surface area contributed by atoms with E-state index >= 15 is 0 Å². The maximum absolute atomic E-state index is 12.9. The maximum Gasteiger partial charge on any atom is 0.323 e. The molecule has 0 radical (unpaired) electrons. The van der Waals surface area contributed by atoms with E-state index in [9.17, 15) is 14.0 Å². The van der Waals surface area contributed by atoms with Crippen molar-refractivity contribution >= 4 is 17.6 Å². The van der Waals surface area contributed by atoms with Crippen LogP contribution in [0.25, 0.3) is 0 Å². The molecule has 1 rings (SSSR count). The van der Waals surface area contributed by atoms with Gasteiger partial charge in [-0.15, -0.1) is 0 Å². The lowest BCUT2D eigenvalue weighted by atomic mass is 9.99. The second-order valence-electron chi connectivity index (χ2n) is 4.73. The van der Waals surface area contributed by atoms with Crippen molar-refractivity contribution in [3.63, 3.8) is 0 Å². The molecule has 1 aromatic carbocycles. The van der Waals surface area contributed by atoms with Gasteiger partial charge in [0.1, 0.15) is 11.4 Å². The van der Waals surface area contributed by atoms with E-state index in [4.69, 9.17) is 5.11 Å². The van der Waals surface area contributed by atoms with Gasteiger partial charge in [0.15, 0.2) is 0 Å². The third-order valence-corrected chi connectivity index (χ3v) is 3.15. The summed E-state index contributed by atoms with van der Waals surface area (Å²) in [6.45, 7) is 3.56. The fourth-order valence-corrected chi connectivity index (χ4v) is 1.59. The van der Waals surface area contributed by atoms with Crippen LogP contribution in [-0.2, 0) is 9.59 Å². The second-order valence-corrected chi connectivity index (χ2v) is 4.73. The summed E-state index contributed by atoms with van der Waals surface area (Å²) in [6, 6.07) is 5.60. The molecule has 1 amide bonds. The number of aliphatic carboxylic acids is 1. The fourth-order valence-electron chi connectivity index (χ4n) is 1.59. The van der Waals surface area contributed by atoms with Crippen molar-refractivity contribution in [2.45, 2.75) is 32.2 Å². The summed E-state index contributed by atoms with van der Waals surface area (Å²) in [7, 11) is 0. The Morgan fingerprint density at radius 1 is 1.40 bits per heavy atom. The van der Waals surface area contributed by atoms with Gasteiger partial charge in [0, 0.05) is 18.7 Å². The van der Waals surface area contributed by atoms with Crippen LogP contribution in [0.1, 0.15) is 26.7 Å². The number of benzene rings is 1. The average molecular weight is 282 g/mol. The SMILES string of the molecule is CCC(C)(NCCC(=O)Nc1cccc(F)c1)C(=O)O. The minimum Gasteiger partial charge on any atom is -0.480 e. The van der Waals surface area contributed by atoms with Crippen LogP contribution in [-0.4, -0.2) is 29.1 Å². The number of nitrogens with one attached hydrogen (secondary N) is 2. The van der Waals surface area contributed by atoms with Gasteiger partial charge in [-0.1, -0.05) is 13.0 Å². The first-order chi connectivity index (χ1) is 9.37. The molecule has 0 aliphatic rings. The van der Waals surface area contributed by atoms with Crippen LogP contribution in [0.15, 0.2) is 24.3 Å². The standard InChI is InChI=1S/C14H19FN2O3/c1-3-14(2,13(19)20)16-8-7-12(18)17-11-6-4-5-10(15)9-11/h4-6,9,16H,3,7-8H2,1-2H3,(H,17,18)(H,19,20). The summed E-state index contributed by atoms with van der Waals surface area (Å²) in [5.74, 6) is -1.68. The number of carboxylic acid groups (broad SMARTS) is 1. The molecule has 110 valence electrons. The Morgan fingerprint density at radius 2 is 2.10 bits per heavy atom. The summed E-state index contributed by atoms with van der Waals surface area (Å²) in [6.07, 6.45) is 0.521. The van der Waals surface area contributed by atoms with Gasteiger partial charge >= 0.3 is 5.97 Å². The van der Waals surface area contributed by atoms with Crippen molar-refractivity contribution in [1.82, 2.24) is 5.32 Å². The number of carboxylic acids is 1. The maximum atomic E-state index is 12.9. The Morgan fingerprint density at radius 3 is 2.65 bits per heavy atom. The molecule has 0 saturated carbocycles. The fraction of sp³-hybridized carbons (Fsp3) is 0.429. The van der Waals surface area contributed by atoms with Crippen molar-refractivity contribution in [1.29, 1.82) is 0 Å². The zero-order valence-corrected chi connectivity index (χ0v) is 11.6. The highest BCUT2D eigenvalue weighted by atomic mass is 19.1. The van der Waals surface area contributed by atoms with Gasteiger partial charge in [-0.3, -0.25) is 9.59 Å². The first-order valence-electron chi connectivity index (χ1n) is 6.41. The Kier molecular flexibility index (Phi) is 5.64. The smallest absolute Gasteiger partial charge is 0.323 e. The molecule has 6 heteroatoms. The van der Waals surface area contributed by atoms with E-state index in [2.05, 4.69) is 10.6 Å². The minimum atomic E-state index is -1.04. The molecule has 1 atom stereocenters. The van der Waals surface area contributed by atoms with Crippen LogP contribution in [0.5, 0.6) is 0 Å². The van der Waals surface area contributed by atoms with Crippen molar-refractivity contribution < 1.29 is 19.1 Å². The molecule has 0 spiro atoms. The van der Waals surface area contributed by atoms with E-state index in [1.165, 1.54) is 18.2 Å². The van der Waals surface area contributed by atoms with Gasteiger partial charge in [-0.2, -0.15) is 0 Å². The Labute approximate surface area is 117 Å². The Balaban J connectivity index is 2.43. The molecule has 0 aliphatic heterocycles. The quantitative estimate of drug-likeness (QED) is 0.714. The zero-order valence-electron chi connectivity index (χ0n) is 11.6.